The van der Waals surface area contributed by atoms with E-state index in [9.17, 15) is 13.0 Å². The standard InChI is InChI=1S/C11H18O3S/c1-8-6-9-4-5-11(8,10(9,2)3)7-15(12,13)14/h9H,1,4-7H2,2-3H3,(H,12,13,14)/p-1. The molecule has 0 aromatic carbocycles. The summed E-state index contributed by atoms with van der Waals surface area (Å²) in [6.45, 7) is 8.14. The van der Waals surface area contributed by atoms with Gasteiger partial charge in [-0.05, 0) is 30.6 Å². The summed E-state index contributed by atoms with van der Waals surface area (Å²) in [7, 11) is -4.17. The molecule has 0 aromatic heterocycles. The number of fused-ring (bicyclic) bond motifs is 2. The molecule has 0 aliphatic heterocycles. The molecule has 2 unspecified atom stereocenters. The van der Waals surface area contributed by atoms with Gasteiger partial charge in [0.25, 0.3) is 0 Å². The molecule has 2 bridgehead atoms. The summed E-state index contributed by atoms with van der Waals surface area (Å²) in [5.74, 6) is 0.245. The van der Waals surface area contributed by atoms with E-state index in [4.69, 9.17) is 0 Å². The van der Waals surface area contributed by atoms with E-state index in [1.165, 1.54) is 0 Å². The zero-order chi connectivity index (χ0) is 11.5. The lowest BCUT2D eigenvalue weighted by Crippen LogP contribution is -2.38. The Morgan fingerprint density at radius 1 is 1.53 bits per heavy atom. The van der Waals surface area contributed by atoms with Crippen molar-refractivity contribution in [2.45, 2.75) is 33.1 Å². The van der Waals surface area contributed by atoms with Crippen molar-refractivity contribution in [2.75, 3.05) is 5.75 Å². The average molecular weight is 229 g/mol. The maximum atomic E-state index is 11.0. The maximum absolute atomic E-state index is 11.0. The molecule has 15 heavy (non-hydrogen) atoms. The molecule has 2 aliphatic rings. The summed E-state index contributed by atoms with van der Waals surface area (Å²) in [6.07, 6.45) is 2.73. The van der Waals surface area contributed by atoms with Gasteiger partial charge in [0.05, 0.1) is 10.1 Å². The van der Waals surface area contributed by atoms with E-state index >= 15 is 0 Å². The first-order valence-corrected chi connectivity index (χ1v) is 6.89. The smallest absolute Gasteiger partial charge is 0.0954 e. The van der Waals surface area contributed by atoms with Gasteiger partial charge in [-0.3, -0.25) is 0 Å². The van der Waals surface area contributed by atoms with Crippen molar-refractivity contribution in [3.05, 3.63) is 12.2 Å². The Morgan fingerprint density at radius 2 is 2.13 bits per heavy atom. The van der Waals surface area contributed by atoms with Gasteiger partial charge in [0.1, 0.15) is 0 Å². The Balaban J connectivity index is 2.45. The van der Waals surface area contributed by atoms with E-state index in [0.717, 1.165) is 24.8 Å². The Hall–Kier alpha value is -0.350. The van der Waals surface area contributed by atoms with E-state index in [1.54, 1.807) is 0 Å². The third kappa shape index (κ3) is 1.38. The molecule has 0 amide bonds. The van der Waals surface area contributed by atoms with Crippen molar-refractivity contribution in [3.8, 4) is 0 Å². The fourth-order valence-electron chi connectivity index (χ4n) is 3.64. The van der Waals surface area contributed by atoms with Gasteiger partial charge >= 0.3 is 0 Å². The minimum absolute atomic E-state index is 0.0818. The van der Waals surface area contributed by atoms with Crippen LogP contribution >= 0.6 is 0 Å². The fraction of sp³-hybridized carbons (Fsp3) is 0.818. The summed E-state index contributed by atoms with van der Waals surface area (Å²) in [5.41, 5.74) is 0.447. The minimum atomic E-state index is -4.17. The third-order valence-corrected chi connectivity index (χ3v) is 5.61. The highest BCUT2D eigenvalue weighted by atomic mass is 32.2. The van der Waals surface area contributed by atoms with Crippen LogP contribution in [0.2, 0.25) is 0 Å². The number of allylic oxidation sites excluding steroid dienone is 1. The molecule has 86 valence electrons. The second-order valence-corrected chi connectivity index (χ2v) is 6.95. The van der Waals surface area contributed by atoms with Crippen LogP contribution in [0.1, 0.15) is 33.1 Å². The Morgan fingerprint density at radius 3 is 2.47 bits per heavy atom. The van der Waals surface area contributed by atoms with Gasteiger partial charge < -0.3 is 4.55 Å². The van der Waals surface area contributed by atoms with Crippen molar-refractivity contribution in [1.82, 2.24) is 0 Å². The van der Waals surface area contributed by atoms with E-state index in [-0.39, 0.29) is 11.2 Å². The lowest BCUT2D eigenvalue weighted by atomic mass is 9.69. The van der Waals surface area contributed by atoms with Crippen LogP contribution in [-0.2, 0) is 10.1 Å². The zero-order valence-corrected chi connectivity index (χ0v) is 10.1. The lowest BCUT2D eigenvalue weighted by molar-refractivity contribution is 0.179. The topological polar surface area (TPSA) is 57.2 Å². The second-order valence-electron chi connectivity index (χ2n) is 5.55. The van der Waals surface area contributed by atoms with Crippen molar-refractivity contribution < 1.29 is 13.0 Å². The largest absolute Gasteiger partial charge is 0.748 e. The van der Waals surface area contributed by atoms with Crippen molar-refractivity contribution in [2.24, 2.45) is 16.7 Å². The normalized spacial score (nSPS) is 38.6. The van der Waals surface area contributed by atoms with Gasteiger partial charge in [-0.2, -0.15) is 0 Å². The predicted molar refractivity (Wildman–Crippen MR) is 57.3 cm³/mol. The molecule has 0 saturated heterocycles. The van der Waals surface area contributed by atoms with Gasteiger partial charge in [0.15, 0.2) is 0 Å². The molecule has 0 N–H and O–H groups in total. The first kappa shape index (κ1) is 11.1. The highest BCUT2D eigenvalue weighted by molar-refractivity contribution is 7.85. The SMILES string of the molecule is C=C1CC2CCC1(CS(=O)(=O)[O-])C2(C)C. The van der Waals surface area contributed by atoms with Crippen LogP contribution in [0.3, 0.4) is 0 Å². The summed E-state index contributed by atoms with van der Waals surface area (Å²) < 4.78 is 33.0. The Kier molecular flexibility index (Phi) is 2.12. The molecular formula is C11H17O3S-. The number of hydrogen-bond donors (Lipinski definition) is 0. The average Bonchev–Trinajstić information content (AvgIpc) is 2.34. The molecule has 4 heteroatoms. The predicted octanol–water partition coefficient (Wildman–Crippen LogP) is 1.91. The van der Waals surface area contributed by atoms with Gasteiger partial charge in [0, 0.05) is 11.2 Å². The van der Waals surface area contributed by atoms with Crippen LogP contribution < -0.4 is 0 Å². The first-order valence-electron chi connectivity index (χ1n) is 5.31. The van der Waals surface area contributed by atoms with Crippen LogP contribution in [0, 0.1) is 16.7 Å². The van der Waals surface area contributed by atoms with Crippen LogP contribution in [0.25, 0.3) is 0 Å². The molecule has 0 spiro atoms. The fourth-order valence-corrected chi connectivity index (χ4v) is 4.96. The molecule has 0 radical (unpaired) electrons. The first-order chi connectivity index (χ1) is 6.69. The van der Waals surface area contributed by atoms with Crippen molar-refractivity contribution >= 4 is 10.1 Å². The Bertz CT molecular complexity index is 408. The van der Waals surface area contributed by atoms with Crippen LogP contribution in [0.4, 0.5) is 0 Å². The van der Waals surface area contributed by atoms with Gasteiger partial charge in [-0.25, -0.2) is 8.42 Å². The maximum Gasteiger partial charge on any atom is 0.0954 e. The van der Waals surface area contributed by atoms with Crippen molar-refractivity contribution in [3.63, 3.8) is 0 Å². The monoisotopic (exact) mass is 229 g/mol. The van der Waals surface area contributed by atoms with Gasteiger partial charge in [-0.1, -0.05) is 26.0 Å². The van der Waals surface area contributed by atoms with Crippen LogP contribution in [0.15, 0.2) is 12.2 Å². The Labute approximate surface area is 91.3 Å². The molecule has 2 saturated carbocycles. The van der Waals surface area contributed by atoms with E-state index in [2.05, 4.69) is 20.4 Å². The molecule has 2 fully saturated rings. The summed E-state index contributed by atoms with van der Waals surface area (Å²) in [4.78, 5) is 0. The molecule has 2 atom stereocenters. The molecule has 3 nitrogen and oxygen atoms in total. The summed E-state index contributed by atoms with van der Waals surface area (Å²) >= 11 is 0. The highest BCUT2D eigenvalue weighted by Crippen LogP contribution is 2.68. The molecular weight excluding hydrogens is 212 g/mol. The van der Waals surface area contributed by atoms with E-state index in [0.29, 0.717) is 5.92 Å². The van der Waals surface area contributed by atoms with Crippen LogP contribution in [-0.4, -0.2) is 18.7 Å². The molecule has 0 aromatic rings. The number of hydrogen-bond acceptors (Lipinski definition) is 3. The molecule has 2 aliphatic carbocycles. The molecule has 2 rings (SSSR count). The molecule has 0 heterocycles. The van der Waals surface area contributed by atoms with E-state index < -0.39 is 15.5 Å². The van der Waals surface area contributed by atoms with Gasteiger partial charge in [-0.15, -0.1) is 0 Å². The zero-order valence-electron chi connectivity index (χ0n) is 9.25. The summed E-state index contributed by atoms with van der Waals surface area (Å²) in [5, 5.41) is 0. The highest BCUT2D eigenvalue weighted by Gasteiger charge is 2.61. The second kappa shape index (κ2) is 2.86. The third-order valence-electron chi connectivity index (χ3n) is 4.77. The van der Waals surface area contributed by atoms with E-state index in [1.807, 2.05) is 0 Å². The quantitative estimate of drug-likeness (QED) is 0.537. The summed E-state index contributed by atoms with van der Waals surface area (Å²) in [6, 6.07) is 0. The van der Waals surface area contributed by atoms with Crippen molar-refractivity contribution in [1.29, 1.82) is 0 Å². The number of rotatable bonds is 2. The minimum Gasteiger partial charge on any atom is -0.748 e. The van der Waals surface area contributed by atoms with Gasteiger partial charge in [0.2, 0.25) is 0 Å². The van der Waals surface area contributed by atoms with Crippen LogP contribution in [0.5, 0.6) is 0 Å². The lowest BCUT2D eigenvalue weighted by Gasteiger charge is -2.39.